The molecule has 3 aromatic rings. The highest BCUT2D eigenvalue weighted by Gasteiger charge is 2.10. The molecule has 0 saturated carbocycles. The average molecular weight is 428 g/mol. The zero-order valence-corrected chi connectivity index (χ0v) is 17.4. The summed E-state index contributed by atoms with van der Waals surface area (Å²) in [5, 5.41) is 38.6. The van der Waals surface area contributed by atoms with Gasteiger partial charge in [0.25, 0.3) is 0 Å². The first-order valence-electron chi connectivity index (χ1n) is 8.95. The van der Waals surface area contributed by atoms with Crippen LogP contribution in [-0.4, -0.2) is 5.91 Å². The fourth-order valence-electron chi connectivity index (χ4n) is 2.53. The van der Waals surface area contributed by atoms with Gasteiger partial charge in [0.1, 0.15) is 28.5 Å². The molecule has 0 spiro atoms. The van der Waals surface area contributed by atoms with Gasteiger partial charge in [0.15, 0.2) is 5.00 Å². The smallest absolute Gasteiger partial charge is 0.221 e. The summed E-state index contributed by atoms with van der Waals surface area (Å²) in [5.41, 5.74) is 9.11. The van der Waals surface area contributed by atoms with Crippen LogP contribution in [0.5, 0.6) is 0 Å². The van der Waals surface area contributed by atoms with E-state index in [1.807, 2.05) is 19.1 Å². The van der Waals surface area contributed by atoms with Crippen molar-refractivity contribution in [3.8, 4) is 12.1 Å². The van der Waals surface area contributed by atoms with Crippen molar-refractivity contribution in [2.45, 2.75) is 13.8 Å². The van der Waals surface area contributed by atoms with Gasteiger partial charge in [-0.15, -0.1) is 20.5 Å². The molecule has 3 rings (SSSR count). The molecule has 31 heavy (non-hydrogen) atoms. The second kappa shape index (κ2) is 9.39. The Hall–Kier alpha value is -4.41. The van der Waals surface area contributed by atoms with E-state index in [2.05, 4.69) is 31.8 Å². The van der Waals surface area contributed by atoms with E-state index in [-0.39, 0.29) is 11.5 Å². The second-order valence-electron chi connectivity index (χ2n) is 6.41. The summed E-state index contributed by atoms with van der Waals surface area (Å²) in [7, 11) is 0. The normalized spacial score (nSPS) is 10.8. The number of carbonyl (C=O) groups excluding carboxylic acids is 1. The Balaban J connectivity index is 1.89. The second-order valence-corrected chi connectivity index (χ2v) is 7.41. The average Bonchev–Trinajstić information content (AvgIpc) is 3.14. The molecule has 0 atom stereocenters. The number of azo groups is 2. The quantitative estimate of drug-likeness (QED) is 0.368. The van der Waals surface area contributed by atoms with Crippen LogP contribution in [0.15, 0.2) is 62.9 Å². The first-order chi connectivity index (χ1) is 14.9. The molecule has 0 aliphatic heterocycles. The third-order valence-corrected chi connectivity index (χ3v) is 4.83. The number of benzene rings is 2. The number of nitriles is 2. The standard InChI is InChI=1S/C21H16N8OS/c1-12-3-5-17(14(7-12)10-22)26-28-20-8-15(11-23)21(31-20)29-27-18-6-4-16(24)9-19(18)25-13(2)30/h3-9H,24H2,1-2H3,(H,25,30). The van der Waals surface area contributed by atoms with Gasteiger partial charge in [0.2, 0.25) is 5.91 Å². The van der Waals surface area contributed by atoms with Gasteiger partial charge >= 0.3 is 0 Å². The van der Waals surface area contributed by atoms with Gasteiger partial charge in [-0.25, -0.2) is 0 Å². The minimum absolute atomic E-state index is 0.272. The Morgan fingerprint density at radius 3 is 2.39 bits per heavy atom. The van der Waals surface area contributed by atoms with Crippen LogP contribution in [0.1, 0.15) is 23.6 Å². The minimum atomic E-state index is -0.272. The molecule has 1 amide bonds. The number of hydrogen-bond acceptors (Lipinski definition) is 9. The first kappa shape index (κ1) is 21.3. The number of anilines is 2. The number of nitrogens with two attached hydrogens (primary N) is 1. The number of amides is 1. The van der Waals surface area contributed by atoms with Gasteiger partial charge in [-0.1, -0.05) is 17.4 Å². The van der Waals surface area contributed by atoms with E-state index in [0.29, 0.717) is 38.3 Å². The van der Waals surface area contributed by atoms with Crippen molar-refractivity contribution in [3.63, 3.8) is 0 Å². The first-order valence-corrected chi connectivity index (χ1v) is 9.76. The summed E-state index contributed by atoms with van der Waals surface area (Å²) in [4.78, 5) is 11.4. The maximum absolute atomic E-state index is 11.4. The number of carbonyl (C=O) groups is 1. The highest BCUT2D eigenvalue weighted by atomic mass is 32.1. The molecule has 2 aromatic carbocycles. The Morgan fingerprint density at radius 2 is 1.68 bits per heavy atom. The van der Waals surface area contributed by atoms with E-state index in [4.69, 9.17) is 5.73 Å². The summed E-state index contributed by atoms with van der Waals surface area (Å²) in [6.07, 6.45) is 0. The van der Waals surface area contributed by atoms with Gasteiger partial charge in [0, 0.05) is 12.6 Å². The molecule has 1 aromatic heterocycles. The molecule has 0 aliphatic carbocycles. The van der Waals surface area contributed by atoms with E-state index < -0.39 is 0 Å². The number of thiophene rings is 1. The Kier molecular flexibility index (Phi) is 6.45. The van der Waals surface area contributed by atoms with Crippen molar-refractivity contribution >= 4 is 50.0 Å². The molecule has 10 heteroatoms. The van der Waals surface area contributed by atoms with Crippen LogP contribution in [-0.2, 0) is 4.79 Å². The lowest BCUT2D eigenvalue weighted by Crippen LogP contribution is -2.06. The summed E-state index contributed by atoms with van der Waals surface area (Å²) in [5.74, 6) is -0.272. The van der Waals surface area contributed by atoms with E-state index in [0.717, 1.165) is 16.9 Å². The van der Waals surface area contributed by atoms with Crippen LogP contribution < -0.4 is 11.1 Å². The molecule has 9 nitrogen and oxygen atoms in total. The van der Waals surface area contributed by atoms with E-state index in [1.165, 1.54) is 6.92 Å². The van der Waals surface area contributed by atoms with E-state index in [1.54, 1.807) is 36.4 Å². The molecule has 0 bridgehead atoms. The van der Waals surface area contributed by atoms with Crippen molar-refractivity contribution < 1.29 is 4.79 Å². The molecule has 0 radical (unpaired) electrons. The number of nitrogens with zero attached hydrogens (tertiary/aromatic N) is 6. The number of rotatable bonds is 5. The maximum atomic E-state index is 11.4. The van der Waals surface area contributed by atoms with Gasteiger partial charge in [0.05, 0.1) is 16.8 Å². The summed E-state index contributed by atoms with van der Waals surface area (Å²) in [6.45, 7) is 3.26. The fourth-order valence-corrected chi connectivity index (χ4v) is 3.28. The minimum Gasteiger partial charge on any atom is -0.399 e. The zero-order chi connectivity index (χ0) is 22.4. The van der Waals surface area contributed by atoms with Crippen LogP contribution in [0.3, 0.4) is 0 Å². The van der Waals surface area contributed by atoms with Crippen LogP contribution in [0.2, 0.25) is 0 Å². The third-order valence-electron chi connectivity index (χ3n) is 3.93. The van der Waals surface area contributed by atoms with Gasteiger partial charge < -0.3 is 11.1 Å². The Labute approximate surface area is 182 Å². The van der Waals surface area contributed by atoms with Crippen molar-refractivity contribution in [1.82, 2.24) is 0 Å². The van der Waals surface area contributed by atoms with Gasteiger partial charge in [-0.2, -0.15) is 10.5 Å². The van der Waals surface area contributed by atoms with E-state index >= 15 is 0 Å². The topological polar surface area (TPSA) is 152 Å². The van der Waals surface area contributed by atoms with Gasteiger partial charge in [-0.05, 0) is 48.9 Å². The van der Waals surface area contributed by atoms with Crippen LogP contribution in [0.25, 0.3) is 0 Å². The SMILES string of the molecule is CC(=O)Nc1cc(N)ccc1N=Nc1sc(N=Nc2ccc(C)cc2C#N)cc1C#N. The predicted octanol–water partition coefficient (Wildman–Crippen LogP) is 6.17. The van der Waals surface area contributed by atoms with Crippen LogP contribution in [0, 0.1) is 29.6 Å². The van der Waals surface area contributed by atoms with Gasteiger partial charge in [-0.3, -0.25) is 4.79 Å². The molecule has 0 saturated heterocycles. The predicted molar refractivity (Wildman–Crippen MR) is 118 cm³/mol. The molecule has 0 unspecified atom stereocenters. The highest BCUT2D eigenvalue weighted by Crippen LogP contribution is 2.39. The van der Waals surface area contributed by atoms with Crippen LogP contribution >= 0.6 is 11.3 Å². The zero-order valence-electron chi connectivity index (χ0n) is 16.6. The summed E-state index contributed by atoms with van der Waals surface area (Å²) in [6, 6.07) is 15.8. The maximum Gasteiger partial charge on any atom is 0.221 e. The lowest BCUT2D eigenvalue weighted by atomic mass is 10.1. The van der Waals surface area contributed by atoms with Crippen molar-refractivity contribution in [2.24, 2.45) is 20.5 Å². The highest BCUT2D eigenvalue weighted by molar-refractivity contribution is 7.19. The lowest BCUT2D eigenvalue weighted by molar-refractivity contribution is -0.114. The lowest BCUT2D eigenvalue weighted by Gasteiger charge is -2.06. The fraction of sp³-hybridized carbons (Fsp3) is 0.0952. The molecule has 0 aliphatic rings. The Bertz CT molecular complexity index is 1290. The summed E-state index contributed by atoms with van der Waals surface area (Å²) < 4.78 is 0. The van der Waals surface area contributed by atoms with Crippen molar-refractivity contribution in [2.75, 3.05) is 11.1 Å². The number of nitrogen functional groups attached to an aromatic ring is 1. The molecule has 3 N–H and O–H groups in total. The molecular weight excluding hydrogens is 412 g/mol. The number of aryl methyl sites for hydroxylation is 1. The number of hydrogen-bond donors (Lipinski definition) is 2. The summed E-state index contributed by atoms with van der Waals surface area (Å²) >= 11 is 1.12. The van der Waals surface area contributed by atoms with Crippen molar-refractivity contribution in [3.05, 3.63) is 59.2 Å². The van der Waals surface area contributed by atoms with E-state index in [9.17, 15) is 15.3 Å². The molecular formula is C21H16N8OS. The molecule has 152 valence electrons. The number of nitrogens with one attached hydrogen (secondary N) is 1. The van der Waals surface area contributed by atoms with Crippen molar-refractivity contribution in [1.29, 1.82) is 10.5 Å². The monoisotopic (exact) mass is 428 g/mol. The molecule has 1 heterocycles. The molecule has 0 fully saturated rings. The Morgan fingerprint density at radius 1 is 0.968 bits per heavy atom. The van der Waals surface area contributed by atoms with Crippen LogP contribution in [0.4, 0.5) is 32.8 Å². The largest absolute Gasteiger partial charge is 0.399 e. The third kappa shape index (κ3) is 5.35.